The van der Waals surface area contributed by atoms with Crippen LogP contribution >= 0.6 is 0 Å². The molecule has 2 amide bonds. The molecule has 0 heterocycles. The van der Waals surface area contributed by atoms with Crippen LogP contribution in [0.3, 0.4) is 0 Å². The van der Waals surface area contributed by atoms with Crippen molar-refractivity contribution in [2.75, 3.05) is 10.8 Å². The first-order valence-corrected chi connectivity index (χ1v) is 17.1. The van der Waals surface area contributed by atoms with Crippen molar-refractivity contribution in [3.8, 4) is 0 Å². The van der Waals surface area contributed by atoms with Gasteiger partial charge in [0.2, 0.25) is 11.8 Å². The number of rotatable bonds is 12. The van der Waals surface area contributed by atoms with Gasteiger partial charge in [-0.05, 0) is 73.7 Å². The van der Waals surface area contributed by atoms with Crippen LogP contribution < -0.4 is 9.62 Å². The Balaban J connectivity index is 1.58. The number of benzene rings is 4. The van der Waals surface area contributed by atoms with Crippen molar-refractivity contribution in [2.24, 2.45) is 0 Å². The largest absolute Gasteiger partial charge is 0.352 e. The van der Waals surface area contributed by atoms with E-state index in [1.807, 2.05) is 50.2 Å². The molecule has 1 atom stereocenters. The van der Waals surface area contributed by atoms with Gasteiger partial charge in [-0.25, -0.2) is 12.8 Å². The summed E-state index contributed by atoms with van der Waals surface area (Å²) in [7, 11) is -4.21. The third-order valence-corrected chi connectivity index (χ3v) is 10.4. The van der Waals surface area contributed by atoms with Crippen molar-refractivity contribution in [1.82, 2.24) is 10.2 Å². The molecule has 0 unspecified atom stereocenters. The topological polar surface area (TPSA) is 86.8 Å². The lowest BCUT2D eigenvalue weighted by Crippen LogP contribution is -2.54. The minimum absolute atomic E-state index is 0.0123. The highest BCUT2D eigenvalue weighted by Crippen LogP contribution is 2.27. The van der Waals surface area contributed by atoms with Gasteiger partial charge in [0.15, 0.2) is 0 Å². The molecule has 5 rings (SSSR count). The zero-order valence-electron chi connectivity index (χ0n) is 26.2. The standard InChI is InChI=1S/C37H40FN3O4S/c1-27-21-22-32(23-28(27)2)41(46(44,45)33-18-7-4-8-19-33)26-36(42)40(25-30-15-9-12-20-34(30)38)35(24-29-13-5-3-6-14-29)37(43)39-31-16-10-11-17-31/h3-9,12-15,18-23,31,35H,10-11,16-17,24-26H2,1-2H3,(H,39,43)/t35-/m0/s1. The monoisotopic (exact) mass is 641 g/mol. The molecule has 0 radical (unpaired) electrons. The van der Waals surface area contributed by atoms with Gasteiger partial charge in [-0.1, -0.05) is 85.6 Å². The number of halogens is 1. The van der Waals surface area contributed by atoms with Crippen molar-refractivity contribution in [2.45, 2.75) is 69.5 Å². The van der Waals surface area contributed by atoms with Gasteiger partial charge >= 0.3 is 0 Å². The molecule has 1 aliphatic rings. The SMILES string of the molecule is Cc1ccc(N(CC(=O)N(Cc2ccccc2F)[C@@H](Cc2ccccc2)C(=O)NC2CCCC2)S(=O)(=O)c2ccccc2)cc1C. The number of aryl methyl sites for hydroxylation is 2. The van der Waals surface area contributed by atoms with Crippen molar-refractivity contribution in [3.63, 3.8) is 0 Å². The number of carbonyl (C=O) groups is 2. The molecule has 0 aliphatic heterocycles. The van der Waals surface area contributed by atoms with Gasteiger partial charge in [-0.2, -0.15) is 0 Å². The molecule has 0 saturated heterocycles. The molecule has 0 spiro atoms. The number of sulfonamides is 1. The van der Waals surface area contributed by atoms with Crippen molar-refractivity contribution in [3.05, 3.63) is 131 Å². The Hall–Kier alpha value is -4.50. The fraction of sp³-hybridized carbons (Fsp3) is 0.297. The van der Waals surface area contributed by atoms with Crippen LogP contribution in [0.4, 0.5) is 10.1 Å². The zero-order chi connectivity index (χ0) is 32.7. The van der Waals surface area contributed by atoms with Gasteiger partial charge in [0, 0.05) is 24.6 Å². The summed E-state index contributed by atoms with van der Waals surface area (Å²) in [6, 6.07) is 27.6. The van der Waals surface area contributed by atoms with E-state index in [1.54, 1.807) is 48.5 Å². The van der Waals surface area contributed by atoms with Crippen LogP contribution in [0.1, 0.15) is 47.9 Å². The van der Waals surface area contributed by atoms with Crippen LogP contribution in [-0.4, -0.2) is 43.8 Å². The van der Waals surface area contributed by atoms with Gasteiger partial charge in [0.05, 0.1) is 10.6 Å². The Morgan fingerprint density at radius 1 is 0.848 bits per heavy atom. The summed E-state index contributed by atoms with van der Waals surface area (Å²) in [5.74, 6) is -1.48. The summed E-state index contributed by atoms with van der Waals surface area (Å²) in [4.78, 5) is 30.0. The summed E-state index contributed by atoms with van der Waals surface area (Å²) in [5, 5.41) is 3.13. The molecular weight excluding hydrogens is 601 g/mol. The lowest BCUT2D eigenvalue weighted by molar-refractivity contribution is -0.140. The minimum Gasteiger partial charge on any atom is -0.352 e. The second-order valence-electron chi connectivity index (χ2n) is 11.9. The molecule has 0 bridgehead atoms. The molecule has 1 aliphatic carbocycles. The van der Waals surface area contributed by atoms with E-state index in [-0.39, 0.29) is 35.4 Å². The highest BCUT2D eigenvalue weighted by Gasteiger charge is 2.36. The Bertz CT molecular complexity index is 1760. The number of hydrogen-bond acceptors (Lipinski definition) is 4. The normalized spacial score (nSPS) is 14.1. The number of amides is 2. The molecule has 4 aromatic rings. The van der Waals surface area contributed by atoms with E-state index in [4.69, 9.17) is 0 Å². The number of hydrogen-bond donors (Lipinski definition) is 1. The molecule has 1 fully saturated rings. The number of nitrogens with zero attached hydrogens (tertiary/aromatic N) is 2. The van der Waals surface area contributed by atoms with E-state index >= 15 is 4.39 Å². The fourth-order valence-electron chi connectivity index (χ4n) is 5.86. The maximum Gasteiger partial charge on any atom is 0.264 e. The highest BCUT2D eigenvalue weighted by molar-refractivity contribution is 7.92. The predicted molar refractivity (Wildman–Crippen MR) is 178 cm³/mol. The van der Waals surface area contributed by atoms with E-state index < -0.39 is 34.3 Å². The second-order valence-corrected chi connectivity index (χ2v) is 13.8. The van der Waals surface area contributed by atoms with Crippen molar-refractivity contribution >= 4 is 27.5 Å². The Morgan fingerprint density at radius 2 is 1.48 bits per heavy atom. The molecule has 7 nitrogen and oxygen atoms in total. The predicted octanol–water partition coefficient (Wildman–Crippen LogP) is 6.34. The number of nitrogens with one attached hydrogen (secondary N) is 1. The highest BCUT2D eigenvalue weighted by atomic mass is 32.2. The second kappa shape index (κ2) is 14.7. The summed E-state index contributed by atoms with van der Waals surface area (Å²) in [5.41, 5.74) is 3.20. The van der Waals surface area contributed by atoms with E-state index in [9.17, 15) is 18.0 Å². The van der Waals surface area contributed by atoms with Gasteiger partial charge < -0.3 is 10.2 Å². The van der Waals surface area contributed by atoms with Gasteiger partial charge in [-0.3, -0.25) is 13.9 Å². The molecular formula is C37H40FN3O4S. The molecule has 46 heavy (non-hydrogen) atoms. The van der Waals surface area contributed by atoms with Gasteiger partial charge in [0.25, 0.3) is 10.0 Å². The minimum atomic E-state index is -4.21. The van der Waals surface area contributed by atoms with Crippen LogP contribution in [-0.2, 0) is 32.6 Å². The number of carbonyl (C=O) groups excluding carboxylic acids is 2. The van der Waals surface area contributed by atoms with E-state index in [0.29, 0.717) is 5.69 Å². The van der Waals surface area contributed by atoms with Crippen LogP contribution in [0.2, 0.25) is 0 Å². The summed E-state index contributed by atoms with van der Waals surface area (Å²) >= 11 is 0. The zero-order valence-corrected chi connectivity index (χ0v) is 27.0. The average Bonchev–Trinajstić information content (AvgIpc) is 3.57. The molecule has 0 aromatic heterocycles. The van der Waals surface area contributed by atoms with E-state index in [1.165, 1.54) is 23.1 Å². The number of anilines is 1. The quantitative estimate of drug-likeness (QED) is 0.196. The Labute approximate surface area is 271 Å². The summed E-state index contributed by atoms with van der Waals surface area (Å²) < 4.78 is 44.5. The average molecular weight is 642 g/mol. The first kappa shape index (κ1) is 32.9. The third-order valence-electron chi connectivity index (χ3n) is 8.66. The van der Waals surface area contributed by atoms with Gasteiger partial charge in [-0.15, -0.1) is 0 Å². The maximum absolute atomic E-state index is 15.1. The molecule has 1 N–H and O–H groups in total. The van der Waals surface area contributed by atoms with Crippen LogP contribution in [0, 0.1) is 19.7 Å². The van der Waals surface area contributed by atoms with Crippen LogP contribution in [0.5, 0.6) is 0 Å². The molecule has 9 heteroatoms. The Kier molecular flexibility index (Phi) is 10.5. The van der Waals surface area contributed by atoms with Crippen LogP contribution in [0.25, 0.3) is 0 Å². The lowest BCUT2D eigenvalue weighted by atomic mass is 10.0. The van der Waals surface area contributed by atoms with Crippen LogP contribution in [0.15, 0.2) is 108 Å². The third kappa shape index (κ3) is 7.83. The molecule has 1 saturated carbocycles. The smallest absolute Gasteiger partial charge is 0.264 e. The lowest BCUT2D eigenvalue weighted by Gasteiger charge is -2.34. The summed E-state index contributed by atoms with van der Waals surface area (Å²) in [6.45, 7) is 3.00. The maximum atomic E-state index is 15.1. The summed E-state index contributed by atoms with van der Waals surface area (Å²) in [6.07, 6.45) is 3.89. The first-order chi connectivity index (χ1) is 22.1. The Morgan fingerprint density at radius 3 is 2.13 bits per heavy atom. The van der Waals surface area contributed by atoms with Crippen molar-refractivity contribution in [1.29, 1.82) is 0 Å². The first-order valence-electron chi connectivity index (χ1n) is 15.7. The fourth-order valence-corrected chi connectivity index (χ4v) is 7.29. The van der Waals surface area contributed by atoms with Gasteiger partial charge in [0.1, 0.15) is 18.4 Å². The van der Waals surface area contributed by atoms with Crippen molar-refractivity contribution < 1.29 is 22.4 Å². The molecule has 4 aromatic carbocycles. The van der Waals surface area contributed by atoms with E-state index in [2.05, 4.69) is 5.32 Å². The molecule has 240 valence electrons. The van der Waals surface area contributed by atoms with E-state index in [0.717, 1.165) is 46.7 Å².